The summed E-state index contributed by atoms with van der Waals surface area (Å²) in [5.74, 6) is -1.19. The Balaban J connectivity index is 1.41. The van der Waals surface area contributed by atoms with Crippen molar-refractivity contribution in [2.45, 2.75) is 31.7 Å². The summed E-state index contributed by atoms with van der Waals surface area (Å²) in [5.41, 5.74) is 4.41. The van der Waals surface area contributed by atoms with Gasteiger partial charge in [-0.1, -0.05) is 55.5 Å². The molecule has 2 aromatic carbocycles. The fourth-order valence-corrected chi connectivity index (χ4v) is 4.39. The number of ether oxygens (including phenoxy) is 1. The lowest BCUT2D eigenvalue weighted by molar-refractivity contribution is -0.145. The van der Waals surface area contributed by atoms with Gasteiger partial charge in [-0.2, -0.15) is 0 Å². The first-order valence-electron chi connectivity index (χ1n) is 10.6. The Morgan fingerprint density at radius 3 is 2.19 bits per heavy atom. The lowest BCUT2D eigenvalue weighted by atomic mass is 9.96. The van der Waals surface area contributed by atoms with Crippen molar-refractivity contribution in [3.63, 3.8) is 0 Å². The van der Waals surface area contributed by atoms with E-state index in [1.807, 2.05) is 48.5 Å². The molecule has 1 fully saturated rings. The molecular formula is C24H26N2O5. The molecule has 1 atom stereocenters. The average molecular weight is 422 g/mol. The van der Waals surface area contributed by atoms with E-state index in [-0.39, 0.29) is 18.4 Å². The van der Waals surface area contributed by atoms with E-state index in [0.29, 0.717) is 19.0 Å². The zero-order valence-corrected chi connectivity index (χ0v) is 17.4. The van der Waals surface area contributed by atoms with Gasteiger partial charge in [-0.15, -0.1) is 0 Å². The van der Waals surface area contributed by atoms with Crippen LogP contribution in [-0.4, -0.2) is 53.7 Å². The molecule has 0 aromatic heterocycles. The predicted molar refractivity (Wildman–Crippen MR) is 115 cm³/mol. The number of hydrogen-bond donors (Lipinski definition) is 2. The zero-order valence-electron chi connectivity index (χ0n) is 17.4. The SMILES string of the molecule is CCC1CN(C(=O)C(CC(=O)O)NC(=O)OCC2c3ccccc3-c3ccccc32)C1. The Labute approximate surface area is 181 Å². The van der Waals surface area contributed by atoms with E-state index in [9.17, 15) is 19.5 Å². The Bertz CT molecular complexity index is 953. The second kappa shape index (κ2) is 8.79. The van der Waals surface area contributed by atoms with Crippen LogP contribution in [0.15, 0.2) is 48.5 Å². The van der Waals surface area contributed by atoms with Crippen molar-refractivity contribution in [1.82, 2.24) is 10.2 Å². The molecule has 1 heterocycles. The third kappa shape index (κ3) is 4.26. The standard InChI is InChI=1S/C24H26N2O5/c1-2-15-12-26(13-15)23(29)21(11-22(27)28)25-24(30)31-14-20-18-9-5-3-7-16(18)17-8-4-6-10-19(17)20/h3-10,15,20-21H,2,11-14H2,1H3,(H,25,30)(H,27,28). The number of likely N-dealkylation sites (tertiary alicyclic amines) is 1. The fraction of sp³-hybridized carbons (Fsp3) is 0.375. The number of hydrogen-bond acceptors (Lipinski definition) is 4. The number of aliphatic carboxylic acids is 1. The summed E-state index contributed by atoms with van der Waals surface area (Å²) >= 11 is 0. The van der Waals surface area contributed by atoms with Gasteiger partial charge < -0.3 is 20.1 Å². The van der Waals surface area contributed by atoms with Crippen molar-refractivity contribution >= 4 is 18.0 Å². The van der Waals surface area contributed by atoms with Gasteiger partial charge in [-0.3, -0.25) is 9.59 Å². The first-order valence-corrected chi connectivity index (χ1v) is 10.6. The molecule has 1 unspecified atom stereocenters. The van der Waals surface area contributed by atoms with Gasteiger partial charge in [0.25, 0.3) is 0 Å². The topological polar surface area (TPSA) is 95.9 Å². The van der Waals surface area contributed by atoms with E-state index < -0.39 is 24.5 Å². The first kappa shape index (κ1) is 20.9. The molecule has 1 saturated heterocycles. The van der Waals surface area contributed by atoms with Crippen molar-refractivity contribution in [2.75, 3.05) is 19.7 Å². The molecule has 2 amide bonds. The Kier molecular flexibility index (Phi) is 5.93. The zero-order chi connectivity index (χ0) is 22.0. The normalized spacial score (nSPS) is 16.1. The molecule has 2 N–H and O–H groups in total. The summed E-state index contributed by atoms with van der Waals surface area (Å²) in [7, 11) is 0. The minimum absolute atomic E-state index is 0.104. The van der Waals surface area contributed by atoms with Crippen molar-refractivity contribution < 1.29 is 24.2 Å². The number of amides is 2. The van der Waals surface area contributed by atoms with Crippen molar-refractivity contribution in [1.29, 1.82) is 0 Å². The van der Waals surface area contributed by atoms with E-state index >= 15 is 0 Å². The van der Waals surface area contributed by atoms with Crippen LogP contribution in [0.5, 0.6) is 0 Å². The van der Waals surface area contributed by atoms with Gasteiger partial charge >= 0.3 is 12.1 Å². The minimum atomic E-state index is -1.15. The van der Waals surface area contributed by atoms with Crippen LogP contribution in [0, 0.1) is 5.92 Å². The number of carboxylic acids is 1. The summed E-state index contributed by atoms with van der Waals surface area (Å²) in [6.07, 6.45) is -0.294. The number of fused-ring (bicyclic) bond motifs is 3. The maximum absolute atomic E-state index is 12.6. The Hall–Kier alpha value is -3.35. The van der Waals surface area contributed by atoms with Gasteiger partial charge in [0, 0.05) is 19.0 Å². The van der Waals surface area contributed by atoms with Crippen LogP contribution in [0.4, 0.5) is 4.79 Å². The third-order valence-electron chi connectivity index (χ3n) is 6.16. The molecule has 1 aliphatic heterocycles. The molecular weight excluding hydrogens is 396 g/mol. The smallest absolute Gasteiger partial charge is 0.407 e. The molecule has 0 bridgehead atoms. The number of carbonyl (C=O) groups excluding carboxylic acids is 2. The van der Waals surface area contributed by atoms with Gasteiger partial charge in [0.1, 0.15) is 12.6 Å². The van der Waals surface area contributed by atoms with Crippen LogP contribution in [0.3, 0.4) is 0 Å². The maximum Gasteiger partial charge on any atom is 0.407 e. The highest BCUT2D eigenvalue weighted by Crippen LogP contribution is 2.44. The molecule has 2 aromatic rings. The van der Waals surface area contributed by atoms with Crippen LogP contribution in [0.25, 0.3) is 11.1 Å². The second-order valence-corrected chi connectivity index (χ2v) is 8.14. The molecule has 1 aliphatic carbocycles. The lowest BCUT2D eigenvalue weighted by Gasteiger charge is -2.40. The first-order chi connectivity index (χ1) is 15.0. The monoisotopic (exact) mass is 422 g/mol. The molecule has 2 aliphatic rings. The Morgan fingerprint density at radius 1 is 1.06 bits per heavy atom. The van der Waals surface area contributed by atoms with E-state index in [1.165, 1.54) is 0 Å². The summed E-state index contributed by atoms with van der Waals surface area (Å²) in [4.78, 5) is 37.9. The Morgan fingerprint density at radius 2 is 1.65 bits per heavy atom. The molecule has 7 heteroatoms. The van der Waals surface area contributed by atoms with E-state index in [0.717, 1.165) is 28.7 Å². The number of nitrogens with zero attached hydrogens (tertiary/aromatic N) is 1. The summed E-state index contributed by atoms with van der Waals surface area (Å²) in [6, 6.07) is 14.9. The third-order valence-corrected chi connectivity index (χ3v) is 6.16. The van der Waals surface area contributed by atoms with Crippen molar-refractivity contribution in [3.05, 3.63) is 59.7 Å². The summed E-state index contributed by atoms with van der Waals surface area (Å²) in [5, 5.41) is 11.6. The van der Waals surface area contributed by atoms with Gasteiger partial charge in [-0.25, -0.2) is 4.79 Å². The largest absolute Gasteiger partial charge is 0.481 e. The van der Waals surface area contributed by atoms with Gasteiger partial charge in [0.15, 0.2) is 0 Å². The van der Waals surface area contributed by atoms with Gasteiger partial charge in [-0.05, 0) is 34.6 Å². The minimum Gasteiger partial charge on any atom is -0.481 e. The molecule has 0 radical (unpaired) electrons. The van der Waals surface area contributed by atoms with E-state index in [2.05, 4.69) is 12.2 Å². The number of alkyl carbamates (subject to hydrolysis) is 1. The van der Waals surface area contributed by atoms with Crippen LogP contribution >= 0.6 is 0 Å². The number of carbonyl (C=O) groups is 3. The summed E-state index contributed by atoms with van der Waals surface area (Å²) in [6.45, 7) is 3.35. The quantitative estimate of drug-likeness (QED) is 0.714. The summed E-state index contributed by atoms with van der Waals surface area (Å²) < 4.78 is 5.46. The van der Waals surface area contributed by atoms with Crippen LogP contribution in [0.2, 0.25) is 0 Å². The van der Waals surface area contributed by atoms with E-state index in [4.69, 9.17) is 4.74 Å². The molecule has 31 heavy (non-hydrogen) atoms. The molecule has 4 rings (SSSR count). The van der Waals surface area contributed by atoms with Gasteiger partial charge in [0.05, 0.1) is 6.42 Å². The number of benzene rings is 2. The number of nitrogens with one attached hydrogen (secondary N) is 1. The number of carboxylic acid groups (broad SMARTS) is 1. The highest BCUT2D eigenvalue weighted by atomic mass is 16.5. The van der Waals surface area contributed by atoms with Gasteiger partial charge in [0.2, 0.25) is 5.91 Å². The average Bonchev–Trinajstić information content (AvgIpc) is 3.04. The maximum atomic E-state index is 12.6. The highest BCUT2D eigenvalue weighted by Gasteiger charge is 2.36. The number of rotatable bonds is 7. The molecule has 162 valence electrons. The molecule has 0 saturated carbocycles. The molecule has 0 spiro atoms. The fourth-order valence-electron chi connectivity index (χ4n) is 4.39. The van der Waals surface area contributed by atoms with Crippen LogP contribution < -0.4 is 5.32 Å². The second-order valence-electron chi connectivity index (χ2n) is 8.14. The predicted octanol–water partition coefficient (Wildman–Crippen LogP) is 3.24. The van der Waals surface area contributed by atoms with Crippen LogP contribution in [-0.2, 0) is 14.3 Å². The van der Waals surface area contributed by atoms with Crippen molar-refractivity contribution in [3.8, 4) is 11.1 Å². The highest BCUT2D eigenvalue weighted by molar-refractivity contribution is 5.89. The van der Waals surface area contributed by atoms with Crippen LogP contribution in [0.1, 0.15) is 36.8 Å². The lowest BCUT2D eigenvalue weighted by Crippen LogP contribution is -2.57. The molecule has 7 nitrogen and oxygen atoms in total. The van der Waals surface area contributed by atoms with Crippen molar-refractivity contribution in [2.24, 2.45) is 5.92 Å². The van der Waals surface area contributed by atoms with E-state index in [1.54, 1.807) is 4.90 Å².